The highest BCUT2D eigenvalue weighted by molar-refractivity contribution is 7.98. The lowest BCUT2D eigenvalue weighted by molar-refractivity contribution is -0.133. The Kier molecular flexibility index (Phi) is 8.70. The number of piperidine rings is 1. The minimum Gasteiger partial charge on any atom is -0.342 e. The number of amides is 1. The second-order valence-electron chi connectivity index (χ2n) is 8.08. The molecule has 0 N–H and O–H groups in total. The molecule has 1 aliphatic rings. The summed E-state index contributed by atoms with van der Waals surface area (Å²) in [6.07, 6.45) is 7.32. The molecule has 1 atom stereocenters. The molecule has 1 fully saturated rings. The van der Waals surface area contributed by atoms with Crippen molar-refractivity contribution in [3.8, 4) is 0 Å². The molecule has 1 amide bonds. The summed E-state index contributed by atoms with van der Waals surface area (Å²) in [6.45, 7) is 2.89. The second-order valence-corrected chi connectivity index (χ2v) is 9.07. The molecule has 0 radical (unpaired) electrons. The lowest BCUT2D eigenvalue weighted by atomic mass is 9.84. The molecule has 2 aromatic rings. The van der Waals surface area contributed by atoms with E-state index in [4.69, 9.17) is 0 Å². The van der Waals surface area contributed by atoms with E-state index in [0.29, 0.717) is 12.3 Å². The van der Waals surface area contributed by atoms with E-state index < -0.39 is 0 Å². The summed E-state index contributed by atoms with van der Waals surface area (Å²) in [5, 5.41) is 0. The summed E-state index contributed by atoms with van der Waals surface area (Å²) in [5.41, 5.74) is 2.19. The molecule has 0 saturated carbocycles. The van der Waals surface area contributed by atoms with Crippen LogP contribution in [0.5, 0.6) is 0 Å². The van der Waals surface area contributed by atoms with Crippen LogP contribution in [0, 0.1) is 11.7 Å². The Morgan fingerprint density at radius 1 is 1.23 bits per heavy atom. The molecule has 0 aliphatic carbocycles. The van der Waals surface area contributed by atoms with Crippen LogP contribution < -0.4 is 0 Å². The Labute approximate surface area is 183 Å². The molecule has 0 spiro atoms. The van der Waals surface area contributed by atoms with Gasteiger partial charge in [0, 0.05) is 38.0 Å². The van der Waals surface area contributed by atoms with Gasteiger partial charge in [-0.2, -0.15) is 11.8 Å². The fourth-order valence-electron chi connectivity index (χ4n) is 4.25. The number of thioether (sulfide) groups is 1. The molecule has 3 rings (SSSR count). The Morgan fingerprint density at radius 2 is 1.97 bits per heavy atom. The number of carbonyl (C=O) groups excluding carboxylic acids is 1. The summed E-state index contributed by atoms with van der Waals surface area (Å²) in [6, 6.07) is 12.9. The van der Waals surface area contributed by atoms with Crippen molar-refractivity contribution in [3.05, 3.63) is 65.7 Å². The Hall–Kier alpha value is -1.92. The van der Waals surface area contributed by atoms with Gasteiger partial charge in [-0.3, -0.25) is 14.7 Å². The first-order valence-corrected chi connectivity index (χ1v) is 12.1. The predicted octanol–water partition coefficient (Wildman–Crippen LogP) is 4.26. The molecule has 1 saturated heterocycles. The molecule has 1 aromatic heterocycles. The summed E-state index contributed by atoms with van der Waals surface area (Å²) in [7, 11) is 1.94. The molecule has 4 nitrogen and oxygen atoms in total. The van der Waals surface area contributed by atoms with Gasteiger partial charge in [-0.1, -0.05) is 18.2 Å². The van der Waals surface area contributed by atoms with E-state index in [0.717, 1.165) is 55.9 Å². The van der Waals surface area contributed by atoms with E-state index in [2.05, 4.69) is 16.0 Å². The first kappa shape index (κ1) is 22.8. The van der Waals surface area contributed by atoms with Crippen LogP contribution in [0.2, 0.25) is 0 Å². The monoisotopic (exact) mass is 429 g/mol. The van der Waals surface area contributed by atoms with Gasteiger partial charge in [-0.05, 0) is 74.4 Å². The van der Waals surface area contributed by atoms with Crippen molar-refractivity contribution < 1.29 is 9.18 Å². The van der Waals surface area contributed by atoms with Crippen molar-refractivity contribution in [1.82, 2.24) is 14.8 Å². The van der Waals surface area contributed by atoms with E-state index in [1.165, 1.54) is 12.1 Å². The van der Waals surface area contributed by atoms with E-state index in [1.54, 1.807) is 11.8 Å². The topological polar surface area (TPSA) is 36.4 Å². The van der Waals surface area contributed by atoms with Gasteiger partial charge in [0.1, 0.15) is 5.82 Å². The highest BCUT2D eigenvalue weighted by Crippen LogP contribution is 2.27. The van der Waals surface area contributed by atoms with Gasteiger partial charge in [0.25, 0.3) is 0 Å². The lowest BCUT2D eigenvalue weighted by Crippen LogP contribution is -2.47. The average molecular weight is 430 g/mol. The van der Waals surface area contributed by atoms with Gasteiger partial charge in [0.2, 0.25) is 5.91 Å². The van der Waals surface area contributed by atoms with Crippen LogP contribution in [-0.2, 0) is 17.8 Å². The van der Waals surface area contributed by atoms with Crippen molar-refractivity contribution in [3.63, 3.8) is 0 Å². The zero-order chi connectivity index (χ0) is 21.3. The minimum absolute atomic E-state index is 0.141. The summed E-state index contributed by atoms with van der Waals surface area (Å²) < 4.78 is 13.3. The maximum atomic E-state index is 13.3. The standard InChI is InChI=1S/C24H32FN3OS/c1-27(24(29)12-16-30-2)23(17-19-6-8-21(25)9-7-19)20-10-14-28(15-11-20)18-22-5-3-4-13-26-22/h3-9,13,20,23H,10-12,14-18H2,1-2H3. The number of aromatic nitrogens is 1. The number of carbonyl (C=O) groups is 1. The largest absolute Gasteiger partial charge is 0.342 e. The highest BCUT2D eigenvalue weighted by atomic mass is 32.2. The van der Waals surface area contributed by atoms with Crippen molar-refractivity contribution in [2.24, 2.45) is 5.92 Å². The number of pyridine rings is 1. The second kappa shape index (κ2) is 11.5. The summed E-state index contributed by atoms with van der Waals surface area (Å²) in [5.74, 6) is 1.27. The van der Waals surface area contributed by atoms with E-state index in [-0.39, 0.29) is 17.8 Å². The van der Waals surface area contributed by atoms with Gasteiger partial charge in [-0.15, -0.1) is 0 Å². The van der Waals surface area contributed by atoms with Crippen LogP contribution >= 0.6 is 11.8 Å². The van der Waals surface area contributed by atoms with Crippen molar-refractivity contribution >= 4 is 17.7 Å². The SMILES string of the molecule is CSCCC(=O)N(C)C(Cc1ccc(F)cc1)C1CCN(Cc2ccccn2)CC1. The van der Waals surface area contributed by atoms with Crippen LogP contribution in [0.25, 0.3) is 0 Å². The average Bonchev–Trinajstić information content (AvgIpc) is 2.78. The molecule has 1 aliphatic heterocycles. The number of nitrogens with zero attached hydrogens (tertiary/aromatic N) is 3. The number of rotatable bonds is 9. The summed E-state index contributed by atoms with van der Waals surface area (Å²) >= 11 is 1.70. The third-order valence-electron chi connectivity index (χ3n) is 6.06. The molecule has 1 unspecified atom stereocenters. The molecule has 162 valence electrons. The zero-order valence-electron chi connectivity index (χ0n) is 18.0. The highest BCUT2D eigenvalue weighted by Gasteiger charge is 2.31. The van der Waals surface area contributed by atoms with Gasteiger partial charge in [-0.25, -0.2) is 4.39 Å². The zero-order valence-corrected chi connectivity index (χ0v) is 18.8. The quantitative estimate of drug-likeness (QED) is 0.597. The van der Waals surface area contributed by atoms with Crippen LogP contribution in [0.4, 0.5) is 4.39 Å². The molecular weight excluding hydrogens is 397 g/mol. The van der Waals surface area contributed by atoms with Gasteiger partial charge >= 0.3 is 0 Å². The lowest BCUT2D eigenvalue weighted by Gasteiger charge is -2.40. The normalized spacial score (nSPS) is 16.4. The van der Waals surface area contributed by atoms with Crippen molar-refractivity contribution in [1.29, 1.82) is 0 Å². The predicted molar refractivity (Wildman–Crippen MR) is 122 cm³/mol. The fraction of sp³-hybridized carbons (Fsp3) is 0.500. The molecule has 30 heavy (non-hydrogen) atoms. The van der Waals surface area contributed by atoms with E-state index in [9.17, 15) is 9.18 Å². The fourth-order valence-corrected chi connectivity index (χ4v) is 4.63. The summed E-state index contributed by atoms with van der Waals surface area (Å²) in [4.78, 5) is 21.6. The third-order valence-corrected chi connectivity index (χ3v) is 6.67. The van der Waals surface area contributed by atoms with Gasteiger partial charge in [0.05, 0.1) is 5.69 Å². The molecular formula is C24H32FN3OS. The molecule has 6 heteroatoms. The number of hydrogen-bond acceptors (Lipinski definition) is 4. The number of likely N-dealkylation sites (N-methyl/N-ethyl adjacent to an activating group) is 1. The smallest absolute Gasteiger partial charge is 0.223 e. The van der Waals surface area contributed by atoms with Gasteiger partial charge < -0.3 is 4.90 Å². The number of hydrogen-bond donors (Lipinski definition) is 0. The molecule has 2 heterocycles. The van der Waals surface area contributed by atoms with Crippen LogP contribution in [0.15, 0.2) is 48.7 Å². The van der Waals surface area contributed by atoms with Crippen molar-refractivity contribution in [2.75, 3.05) is 32.1 Å². The van der Waals surface area contributed by atoms with Crippen molar-refractivity contribution in [2.45, 2.75) is 38.3 Å². The van der Waals surface area contributed by atoms with Gasteiger partial charge in [0.15, 0.2) is 0 Å². The number of benzene rings is 1. The number of halogens is 1. The van der Waals surface area contributed by atoms with E-state index >= 15 is 0 Å². The minimum atomic E-state index is -0.220. The first-order valence-electron chi connectivity index (χ1n) is 10.7. The van der Waals surface area contributed by atoms with Crippen LogP contribution in [0.1, 0.15) is 30.5 Å². The molecule has 1 aromatic carbocycles. The Balaban J connectivity index is 1.65. The first-order chi connectivity index (χ1) is 14.6. The number of likely N-dealkylation sites (tertiary alicyclic amines) is 1. The Bertz CT molecular complexity index is 779. The Morgan fingerprint density at radius 3 is 2.60 bits per heavy atom. The molecule has 0 bridgehead atoms. The van der Waals surface area contributed by atoms with Crippen LogP contribution in [0.3, 0.4) is 0 Å². The van der Waals surface area contributed by atoms with Crippen LogP contribution in [-0.4, -0.2) is 58.9 Å². The van der Waals surface area contributed by atoms with E-state index in [1.807, 2.05) is 48.7 Å². The third kappa shape index (κ3) is 6.54. The maximum Gasteiger partial charge on any atom is 0.223 e. The maximum absolute atomic E-state index is 13.3.